The normalized spacial score (nSPS) is 22.1. The van der Waals surface area contributed by atoms with Gasteiger partial charge in [0.25, 0.3) is 0 Å². The van der Waals surface area contributed by atoms with Crippen LogP contribution >= 0.6 is 35.4 Å². The molecular formula is C15H22Cl2N4OS. The van der Waals surface area contributed by atoms with Crippen LogP contribution in [0.3, 0.4) is 0 Å². The Labute approximate surface area is 152 Å². The second kappa shape index (κ2) is 8.66. The molecule has 8 heteroatoms. The molecule has 1 aromatic heterocycles. The quantitative estimate of drug-likeness (QED) is 0.420. The first kappa shape index (κ1) is 19.9. The van der Waals surface area contributed by atoms with E-state index < -0.39 is 5.41 Å². The van der Waals surface area contributed by atoms with Crippen LogP contribution in [0.2, 0.25) is 10.3 Å². The third-order valence-electron chi connectivity index (χ3n) is 3.66. The first-order valence-corrected chi connectivity index (χ1v) is 8.65. The third-order valence-corrected chi connectivity index (χ3v) is 4.35. The van der Waals surface area contributed by atoms with E-state index in [1.807, 2.05) is 13.8 Å². The number of aromatic nitrogens is 1. The third kappa shape index (κ3) is 4.68. The number of pyridine rings is 1. The van der Waals surface area contributed by atoms with E-state index in [9.17, 15) is 4.79 Å². The first-order valence-electron chi connectivity index (χ1n) is 7.49. The molecule has 2 rings (SSSR count). The van der Waals surface area contributed by atoms with Crippen molar-refractivity contribution in [2.24, 2.45) is 5.92 Å². The van der Waals surface area contributed by atoms with E-state index >= 15 is 0 Å². The maximum Gasteiger partial charge on any atom is 0.249 e. The van der Waals surface area contributed by atoms with E-state index in [1.54, 1.807) is 19.2 Å². The molecule has 1 saturated carbocycles. The molecule has 0 radical (unpaired) electrons. The number of thiocarbonyl (C=S) groups is 1. The molecule has 1 aliphatic rings. The van der Waals surface area contributed by atoms with E-state index in [2.05, 4.69) is 28.1 Å². The zero-order chi connectivity index (χ0) is 17.6. The fourth-order valence-electron chi connectivity index (χ4n) is 2.72. The van der Waals surface area contributed by atoms with Crippen molar-refractivity contribution in [1.82, 2.24) is 21.2 Å². The Balaban J connectivity index is 0.00000127. The molecule has 0 aliphatic heterocycles. The van der Waals surface area contributed by atoms with Crippen LogP contribution in [-0.4, -0.2) is 23.1 Å². The predicted molar refractivity (Wildman–Crippen MR) is 98.6 cm³/mol. The van der Waals surface area contributed by atoms with Gasteiger partial charge in [-0.15, -0.1) is 0 Å². The minimum atomic E-state index is -0.647. The van der Waals surface area contributed by atoms with Gasteiger partial charge in [0.15, 0.2) is 5.11 Å². The molecule has 3 N–H and O–H groups in total. The predicted octanol–water partition coefficient (Wildman–Crippen LogP) is 3.21. The standard InChI is InChI=1S/C13H16Cl2N4OS.C2H6/c1-7-5-13(6-7,11(20)18-19-12(21)16-2)8-3-9(14)17-10(15)4-8;1-2/h3-4,7H,5-6H2,1-2H3,(H,18,20)(H2,16,19,21);1-2H3. The van der Waals surface area contributed by atoms with Crippen molar-refractivity contribution in [3.8, 4) is 0 Å². The topological polar surface area (TPSA) is 66.0 Å². The fourth-order valence-corrected chi connectivity index (χ4v) is 3.23. The van der Waals surface area contributed by atoms with Gasteiger partial charge in [0.1, 0.15) is 10.3 Å². The number of nitrogens with zero attached hydrogens (tertiary/aromatic N) is 1. The van der Waals surface area contributed by atoms with E-state index in [4.69, 9.17) is 35.4 Å². The highest BCUT2D eigenvalue weighted by molar-refractivity contribution is 7.80. The number of rotatable bonds is 2. The molecule has 0 spiro atoms. The molecule has 0 saturated heterocycles. The van der Waals surface area contributed by atoms with E-state index in [0.29, 0.717) is 11.0 Å². The molecule has 1 fully saturated rings. The number of halogens is 2. The van der Waals surface area contributed by atoms with Gasteiger partial charge in [-0.1, -0.05) is 44.0 Å². The van der Waals surface area contributed by atoms with Crippen molar-refractivity contribution in [2.45, 2.75) is 39.0 Å². The summed E-state index contributed by atoms with van der Waals surface area (Å²) in [6.45, 7) is 6.10. The van der Waals surface area contributed by atoms with Gasteiger partial charge in [-0.3, -0.25) is 15.6 Å². The van der Waals surface area contributed by atoms with Crippen LogP contribution < -0.4 is 16.2 Å². The SMILES string of the molecule is CC.CNC(=S)NNC(=O)C1(c2cc(Cl)nc(Cl)c2)CC(C)C1. The monoisotopic (exact) mass is 376 g/mol. The van der Waals surface area contributed by atoms with Crippen LogP contribution in [-0.2, 0) is 10.2 Å². The summed E-state index contributed by atoms with van der Waals surface area (Å²) in [6, 6.07) is 3.38. The molecule has 0 aromatic carbocycles. The Morgan fingerprint density at radius 1 is 1.26 bits per heavy atom. The van der Waals surface area contributed by atoms with Gasteiger partial charge in [-0.25, -0.2) is 4.98 Å². The van der Waals surface area contributed by atoms with Crippen molar-refractivity contribution in [3.63, 3.8) is 0 Å². The van der Waals surface area contributed by atoms with Crippen LogP contribution in [0.1, 0.15) is 39.2 Å². The summed E-state index contributed by atoms with van der Waals surface area (Å²) in [5, 5.41) is 3.63. The smallest absolute Gasteiger partial charge is 0.249 e. The Hall–Kier alpha value is -1.11. The van der Waals surface area contributed by atoms with Crippen molar-refractivity contribution < 1.29 is 4.79 Å². The number of amides is 1. The van der Waals surface area contributed by atoms with Crippen LogP contribution in [0.4, 0.5) is 0 Å². The molecule has 1 amide bonds. The Bertz CT molecular complexity index is 556. The summed E-state index contributed by atoms with van der Waals surface area (Å²) in [5.74, 6) is 0.300. The summed E-state index contributed by atoms with van der Waals surface area (Å²) < 4.78 is 0. The highest BCUT2D eigenvalue weighted by Gasteiger charge is 2.50. The summed E-state index contributed by atoms with van der Waals surface area (Å²) in [5.41, 5.74) is 5.43. The highest BCUT2D eigenvalue weighted by atomic mass is 35.5. The highest BCUT2D eigenvalue weighted by Crippen LogP contribution is 2.48. The minimum absolute atomic E-state index is 0.156. The Morgan fingerprint density at radius 3 is 2.22 bits per heavy atom. The van der Waals surface area contributed by atoms with Gasteiger partial charge >= 0.3 is 0 Å². The summed E-state index contributed by atoms with van der Waals surface area (Å²) in [7, 11) is 1.67. The lowest BCUT2D eigenvalue weighted by molar-refractivity contribution is -0.132. The average Bonchev–Trinajstić information content (AvgIpc) is 2.49. The minimum Gasteiger partial charge on any atom is -0.364 e. The zero-order valence-electron chi connectivity index (χ0n) is 13.7. The fraction of sp³-hybridized carbons (Fsp3) is 0.533. The summed E-state index contributed by atoms with van der Waals surface area (Å²) >= 11 is 16.9. The molecule has 128 valence electrons. The number of carbonyl (C=O) groups is 1. The first-order chi connectivity index (χ1) is 10.9. The van der Waals surface area contributed by atoms with Crippen LogP contribution in [0.5, 0.6) is 0 Å². The van der Waals surface area contributed by atoms with Crippen LogP contribution in [0.25, 0.3) is 0 Å². The summed E-state index contributed by atoms with van der Waals surface area (Å²) in [4.78, 5) is 16.5. The maximum atomic E-state index is 12.6. The number of hydrogen-bond acceptors (Lipinski definition) is 3. The van der Waals surface area contributed by atoms with Crippen molar-refractivity contribution in [1.29, 1.82) is 0 Å². The maximum absolute atomic E-state index is 12.6. The van der Waals surface area contributed by atoms with Gasteiger partial charge in [-0.2, -0.15) is 0 Å². The van der Waals surface area contributed by atoms with E-state index in [1.165, 1.54) is 0 Å². The van der Waals surface area contributed by atoms with Crippen molar-refractivity contribution in [3.05, 3.63) is 28.0 Å². The lowest BCUT2D eigenvalue weighted by Crippen LogP contribution is -2.57. The van der Waals surface area contributed by atoms with E-state index in [0.717, 1.165) is 18.4 Å². The van der Waals surface area contributed by atoms with E-state index in [-0.39, 0.29) is 16.2 Å². The second-order valence-corrected chi connectivity index (χ2v) is 6.44. The Morgan fingerprint density at radius 2 is 1.78 bits per heavy atom. The number of hydrogen-bond donors (Lipinski definition) is 3. The van der Waals surface area contributed by atoms with Crippen LogP contribution in [0, 0.1) is 5.92 Å². The van der Waals surface area contributed by atoms with Gasteiger partial charge < -0.3 is 5.32 Å². The molecule has 1 heterocycles. The number of nitrogens with one attached hydrogen (secondary N) is 3. The molecule has 1 aromatic rings. The molecule has 23 heavy (non-hydrogen) atoms. The second-order valence-electron chi connectivity index (χ2n) is 5.26. The Kier molecular flexibility index (Phi) is 7.51. The molecule has 0 unspecified atom stereocenters. The largest absolute Gasteiger partial charge is 0.364 e. The summed E-state index contributed by atoms with van der Waals surface area (Å²) in [6.07, 6.45) is 1.45. The van der Waals surface area contributed by atoms with Gasteiger partial charge in [0.2, 0.25) is 5.91 Å². The zero-order valence-corrected chi connectivity index (χ0v) is 16.0. The lowest BCUT2D eigenvalue weighted by atomic mass is 9.59. The number of carbonyl (C=O) groups excluding carboxylic acids is 1. The van der Waals surface area contributed by atoms with Crippen molar-refractivity contribution in [2.75, 3.05) is 7.05 Å². The molecule has 5 nitrogen and oxygen atoms in total. The number of hydrazine groups is 1. The molecule has 0 atom stereocenters. The lowest BCUT2D eigenvalue weighted by Gasteiger charge is -2.45. The van der Waals surface area contributed by atoms with Gasteiger partial charge in [-0.05, 0) is 48.7 Å². The molecular weight excluding hydrogens is 355 g/mol. The van der Waals surface area contributed by atoms with Crippen molar-refractivity contribution >= 4 is 46.4 Å². The van der Waals surface area contributed by atoms with Gasteiger partial charge in [0.05, 0.1) is 5.41 Å². The van der Waals surface area contributed by atoms with Gasteiger partial charge in [0, 0.05) is 7.05 Å². The molecule has 0 bridgehead atoms. The average molecular weight is 377 g/mol. The molecule has 1 aliphatic carbocycles. The van der Waals surface area contributed by atoms with Crippen LogP contribution in [0.15, 0.2) is 12.1 Å².